The molecule has 2 aromatic heterocycles. The number of anilines is 2. The van der Waals surface area contributed by atoms with E-state index in [1.807, 2.05) is 12.1 Å². The minimum absolute atomic E-state index is 0.388. The number of nitrogen functional groups attached to an aromatic ring is 2. The van der Waals surface area contributed by atoms with Gasteiger partial charge in [0.15, 0.2) is 17.3 Å². The molecule has 0 aliphatic carbocycles. The smallest absolute Gasteiger partial charge is 0.183 e. The van der Waals surface area contributed by atoms with Crippen molar-refractivity contribution in [3.8, 4) is 11.4 Å². The van der Waals surface area contributed by atoms with E-state index in [4.69, 9.17) is 11.5 Å². The number of nitrogens with two attached hydrogens (primary N) is 2. The molecule has 0 saturated carbocycles. The summed E-state index contributed by atoms with van der Waals surface area (Å²) in [6.07, 6.45) is 1.54. The highest BCUT2D eigenvalue weighted by atomic mass is 15.0. The number of imidazole rings is 1. The highest BCUT2D eigenvalue weighted by Gasteiger charge is 2.08. The molecule has 0 spiro atoms. The maximum Gasteiger partial charge on any atom is 0.183 e. The topological polar surface area (TPSA) is 106 Å². The van der Waals surface area contributed by atoms with Gasteiger partial charge in [0.25, 0.3) is 0 Å². The molecule has 2 heterocycles. The summed E-state index contributed by atoms with van der Waals surface area (Å²) < 4.78 is 0. The van der Waals surface area contributed by atoms with Crippen molar-refractivity contribution in [1.29, 1.82) is 0 Å². The molecule has 0 atom stereocenters. The number of aromatic amines is 1. The second-order valence-electron chi connectivity index (χ2n) is 3.66. The minimum atomic E-state index is 0.388. The van der Waals surface area contributed by atoms with Gasteiger partial charge < -0.3 is 16.5 Å². The molecular formula is C11H10N6. The number of H-pyrrole nitrogens is 1. The average Bonchev–Trinajstić information content (AvgIpc) is 2.78. The van der Waals surface area contributed by atoms with Gasteiger partial charge in [-0.3, -0.25) is 0 Å². The zero-order valence-corrected chi connectivity index (χ0v) is 8.88. The maximum absolute atomic E-state index is 5.82. The average molecular weight is 226 g/mol. The van der Waals surface area contributed by atoms with Crippen molar-refractivity contribution in [3.05, 3.63) is 30.6 Å². The van der Waals surface area contributed by atoms with E-state index in [0.29, 0.717) is 28.5 Å². The van der Waals surface area contributed by atoms with Gasteiger partial charge in [0, 0.05) is 11.3 Å². The third-order valence-corrected chi connectivity index (χ3v) is 2.48. The van der Waals surface area contributed by atoms with Crippen LogP contribution in [0.5, 0.6) is 0 Å². The van der Waals surface area contributed by atoms with Crippen LogP contribution in [0.2, 0.25) is 0 Å². The van der Waals surface area contributed by atoms with Gasteiger partial charge in [-0.05, 0) is 24.3 Å². The van der Waals surface area contributed by atoms with Crippen molar-refractivity contribution in [2.45, 2.75) is 0 Å². The van der Waals surface area contributed by atoms with Crippen molar-refractivity contribution >= 4 is 22.7 Å². The summed E-state index contributed by atoms with van der Waals surface area (Å²) in [6.45, 7) is 0. The Kier molecular flexibility index (Phi) is 1.94. The summed E-state index contributed by atoms with van der Waals surface area (Å²) in [6, 6.07) is 7.29. The Labute approximate surface area is 96.7 Å². The van der Waals surface area contributed by atoms with E-state index in [0.717, 1.165) is 5.56 Å². The first kappa shape index (κ1) is 9.59. The molecule has 0 amide bonds. The molecule has 0 fully saturated rings. The predicted octanol–water partition coefficient (Wildman–Crippen LogP) is 1.18. The number of hydrogen-bond donors (Lipinski definition) is 3. The lowest BCUT2D eigenvalue weighted by Crippen LogP contribution is -1.97. The van der Waals surface area contributed by atoms with Crippen molar-refractivity contribution in [2.75, 3.05) is 11.5 Å². The quantitative estimate of drug-likeness (QED) is 0.540. The summed E-state index contributed by atoms with van der Waals surface area (Å²) in [5.74, 6) is 0.932. The van der Waals surface area contributed by atoms with Crippen LogP contribution in [0, 0.1) is 0 Å². The monoisotopic (exact) mass is 226 g/mol. The van der Waals surface area contributed by atoms with Crippen molar-refractivity contribution in [1.82, 2.24) is 19.9 Å². The molecule has 0 aliphatic rings. The fourth-order valence-electron chi connectivity index (χ4n) is 1.62. The zero-order chi connectivity index (χ0) is 11.8. The molecule has 6 nitrogen and oxygen atoms in total. The molecule has 0 unspecified atom stereocenters. The van der Waals surface area contributed by atoms with Crippen LogP contribution < -0.4 is 11.5 Å². The standard InChI is InChI=1S/C11H10N6/c12-7-3-1-6(2-4-7)10-16-9(13)8-11(17-10)15-5-14-8/h1-5H,12H2,(H3,13,14,15,16,17). The van der Waals surface area contributed by atoms with Gasteiger partial charge in [0.1, 0.15) is 5.52 Å². The second-order valence-corrected chi connectivity index (χ2v) is 3.66. The van der Waals surface area contributed by atoms with Crippen molar-refractivity contribution < 1.29 is 0 Å². The Morgan fingerprint density at radius 2 is 1.76 bits per heavy atom. The first-order valence-electron chi connectivity index (χ1n) is 5.06. The second kappa shape index (κ2) is 3.44. The van der Waals surface area contributed by atoms with E-state index in [9.17, 15) is 0 Å². The van der Waals surface area contributed by atoms with Gasteiger partial charge in [-0.1, -0.05) is 0 Å². The molecular weight excluding hydrogens is 216 g/mol. The highest BCUT2D eigenvalue weighted by molar-refractivity contribution is 5.83. The number of hydrogen-bond acceptors (Lipinski definition) is 5. The van der Waals surface area contributed by atoms with Crippen molar-refractivity contribution in [2.24, 2.45) is 0 Å². The van der Waals surface area contributed by atoms with E-state index < -0.39 is 0 Å². The zero-order valence-electron chi connectivity index (χ0n) is 8.88. The maximum atomic E-state index is 5.82. The lowest BCUT2D eigenvalue weighted by Gasteiger charge is -2.02. The van der Waals surface area contributed by atoms with Crippen LogP contribution in [-0.2, 0) is 0 Å². The van der Waals surface area contributed by atoms with Crippen LogP contribution in [0.3, 0.4) is 0 Å². The molecule has 5 N–H and O–H groups in total. The molecule has 0 saturated heterocycles. The van der Waals surface area contributed by atoms with Gasteiger partial charge >= 0.3 is 0 Å². The molecule has 3 aromatic rings. The summed E-state index contributed by atoms with van der Waals surface area (Å²) >= 11 is 0. The van der Waals surface area contributed by atoms with Gasteiger partial charge in [0.05, 0.1) is 6.33 Å². The molecule has 3 rings (SSSR count). The summed E-state index contributed by atoms with van der Waals surface area (Å²) in [4.78, 5) is 15.5. The van der Waals surface area contributed by atoms with E-state index in [-0.39, 0.29) is 0 Å². The Balaban J connectivity index is 2.20. The van der Waals surface area contributed by atoms with Crippen LogP contribution in [0.15, 0.2) is 30.6 Å². The Hall–Kier alpha value is -2.63. The minimum Gasteiger partial charge on any atom is -0.399 e. The molecule has 84 valence electrons. The Bertz CT molecular complexity index is 670. The molecule has 0 aliphatic heterocycles. The van der Waals surface area contributed by atoms with Crippen LogP contribution in [0.4, 0.5) is 11.5 Å². The van der Waals surface area contributed by atoms with Crippen LogP contribution >= 0.6 is 0 Å². The molecule has 0 bridgehead atoms. The number of benzene rings is 1. The first-order chi connectivity index (χ1) is 8.24. The number of nitrogens with zero attached hydrogens (tertiary/aromatic N) is 3. The van der Waals surface area contributed by atoms with Gasteiger partial charge in [0.2, 0.25) is 0 Å². The highest BCUT2D eigenvalue weighted by Crippen LogP contribution is 2.21. The third kappa shape index (κ3) is 1.55. The van der Waals surface area contributed by atoms with E-state index in [1.54, 1.807) is 18.5 Å². The summed E-state index contributed by atoms with van der Waals surface area (Å²) in [5, 5.41) is 0. The van der Waals surface area contributed by atoms with Gasteiger partial charge in [-0.15, -0.1) is 0 Å². The van der Waals surface area contributed by atoms with Gasteiger partial charge in [-0.25, -0.2) is 15.0 Å². The summed E-state index contributed by atoms with van der Waals surface area (Å²) in [7, 11) is 0. The normalized spacial score (nSPS) is 10.8. The fourth-order valence-corrected chi connectivity index (χ4v) is 1.62. The molecule has 6 heteroatoms. The van der Waals surface area contributed by atoms with Crippen molar-refractivity contribution in [3.63, 3.8) is 0 Å². The largest absolute Gasteiger partial charge is 0.399 e. The van der Waals surface area contributed by atoms with E-state index >= 15 is 0 Å². The first-order valence-corrected chi connectivity index (χ1v) is 5.06. The van der Waals surface area contributed by atoms with Crippen LogP contribution in [0.1, 0.15) is 0 Å². The van der Waals surface area contributed by atoms with Crippen LogP contribution in [0.25, 0.3) is 22.6 Å². The number of fused-ring (bicyclic) bond motifs is 1. The SMILES string of the molecule is Nc1ccc(-c2nc(N)c3[nH]cnc3n2)cc1. The lowest BCUT2D eigenvalue weighted by atomic mass is 10.2. The molecule has 17 heavy (non-hydrogen) atoms. The fraction of sp³-hybridized carbons (Fsp3) is 0. The van der Waals surface area contributed by atoms with E-state index in [1.165, 1.54) is 0 Å². The Morgan fingerprint density at radius 1 is 1.00 bits per heavy atom. The van der Waals surface area contributed by atoms with Crippen LogP contribution in [-0.4, -0.2) is 19.9 Å². The lowest BCUT2D eigenvalue weighted by molar-refractivity contribution is 1.21. The predicted molar refractivity (Wildman–Crippen MR) is 65.9 cm³/mol. The summed E-state index contributed by atoms with van der Waals surface area (Å²) in [5.41, 5.74) is 14.2. The number of aromatic nitrogens is 4. The molecule has 0 radical (unpaired) electrons. The van der Waals surface area contributed by atoms with E-state index in [2.05, 4.69) is 19.9 Å². The molecule has 1 aromatic carbocycles. The third-order valence-electron chi connectivity index (χ3n) is 2.48. The number of nitrogens with one attached hydrogen (secondary N) is 1. The van der Waals surface area contributed by atoms with Gasteiger partial charge in [-0.2, -0.15) is 0 Å². The Morgan fingerprint density at radius 3 is 2.53 bits per heavy atom. The number of rotatable bonds is 1.